The fourth-order valence-corrected chi connectivity index (χ4v) is 4.37. The summed E-state index contributed by atoms with van der Waals surface area (Å²) in [5, 5.41) is 29.0. The second-order valence-corrected chi connectivity index (χ2v) is 10.8. The number of fused-ring (bicyclic) bond motifs is 1. The van der Waals surface area contributed by atoms with E-state index < -0.39 is 90.6 Å². The molecule has 246 valence electrons. The van der Waals surface area contributed by atoms with E-state index in [0.29, 0.717) is 5.56 Å². The fraction of sp³-hybridized carbons (Fsp3) is 0.464. The molecule has 5 atom stereocenters. The monoisotopic (exact) mass is 632 g/mol. The zero-order chi connectivity index (χ0) is 33.8. The zero-order valence-corrected chi connectivity index (χ0v) is 24.9. The number of para-hydroxylation sites is 1. The molecule has 0 unspecified atom stereocenters. The number of carbonyl (C=O) groups is 7. The number of aliphatic hydroxyl groups is 1. The molecule has 1 aromatic heterocycles. The van der Waals surface area contributed by atoms with E-state index >= 15 is 0 Å². The maximum absolute atomic E-state index is 13.5. The Morgan fingerprint density at radius 1 is 0.822 bits per heavy atom. The van der Waals surface area contributed by atoms with Crippen LogP contribution in [0.1, 0.15) is 38.7 Å². The molecular weight excluding hydrogens is 592 g/mol. The zero-order valence-electron chi connectivity index (χ0n) is 24.9. The van der Waals surface area contributed by atoms with Gasteiger partial charge in [0.2, 0.25) is 35.4 Å². The van der Waals surface area contributed by atoms with Crippen LogP contribution in [-0.2, 0) is 40.0 Å². The highest BCUT2D eigenvalue weighted by Gasteiger charge is 2.34. The Balaban J connectivity index is 2.28. The van der Waals surface area contributed by atoms with Gasteiger partial charge in [0.15, 0.2) is 0 Å². The van der Waals surface area contributed by atoms with Crippen molar-refractivity contribution in [3.8, 4) is 0 Å². The van der Waals surface area contributed by atoms with Crippen LogP contribution in [0.5, 0.6) is 0 Å². The van der Waals surface area contributed by atoms with E-state index in [2.05, 4.69) is 26.3 Å². The van der Waals surface area contributed by atoms with Crippen molar-refractivity contribution in [3.05, 3.63) is 36.0 Å². The van der Waals surface area contributed by atoms with Gasteiger partial charge >= 0.3 is 5.97 Å². The number of H-pyrrole nitrogens is 1. The largest absolute Gasteiger partial charge is 0.480 e. The molecule has 0 spiro atoms. The Morgan fingerprint density at radius 2 is 1.42 bits per heavy atom. The summed E-state index contributed by atoms with van der Waals surface area (Å²) in [7, 11) is 0. The summed E-state index contributed by atoms with van der Waals surface area (Å²) in [6.07, 6.45) is 0.223. The van der Waals surface area contributed by atoms with Gasteiger partial charge in [0.1, 0.15) is 30.2 Å². The van der Waals surface area contributed by atoms with Crippen LogP contribution < -0.4 is 38.5 Å². The lowest BCUT2D eigenvalue weighted by atomic mass is 9.99. The van der Waals surface area contributed by atoms with Crippen molar-refractivity contribution in [3.63, 3.8) is 0 Å². The number of carbonyl (C=O) groups excluding carboxylic acids is 6. The molecule has 2 aromatic rings. The summed E-state index contributed by atoms with van der Waals surface area (Å²) < 4.78 is 0. The molecule has 0 saturated carbocycles. The van der Waals surface area contributed by atoms with E-state index in [9.17, 15) is 43.8 Å². The number of nitrogens with one attached hydrogen (secondary N) is 5. The molecule has 0 aliphatic rings. The van der Waals surface area contributed by atoms with Crippen LogP contribution in [0.4, 0.5) is 0 Å². The lowest BCUT2D eigenvalue weighted by Gasteiger charge is -2.28. The van der Waals surface area contributed by atoms with Gasteiger partial charge in [0, 0.05) is 29.9 Å². The van der Waals surface area contributed by atoms with E-state index in [1.165, 1.54) is 0 Å². The highest BCUT2D eigenvalue weighted by atomic mass is 16.4. The molecule has 17 heteroatoms. The van der Waals surface area contributed by atoms with Crippen LogP contribution in [-0.4, -0.2) is 93.4 Å². The average Bonchev–Trinajstić information content (AvgIpc) is 3.38. The summed E-state index contributed by atoms with van der Waals surface area (Å²) in [6.45, 7) is 2.50. The highest BCUT2D eigenvalue weighted by molar-refractivity contribution is 5.97. The normalized spacial score (nSPS) is 14.4. The summed E-state index contributed by atoms with van der Waals surface area (Å²) in [6, 6.07) is 0.174. The van der Waals surface area contributed by atoms with Crippen LogP contribution in [0.3, 0.4) is 0 Å². The molecular formula is C28H40N8O9. The Bertz CT molecular complexity index is 1410. The predicted octanol–water partition coefficient (Wildman–Crippen LogP) is -3.15. The topological polar surface area (TPSA) is 302 Å². The molecule has 13 N–H and O–H groups in total. The molecule has 45 heavy (non-hydrogen) atoms. The number of rotatable bonds is 18. The summed E-state index contributed by atoms with van der Waals surface area (Å²) in [5.74, 6) is -7.45. The molecule has 0 radical (unpaired) electrons. The third-order valence-corrected chi connectivity index (χ3v) is 6.84. The molecule has 6 amide bonds. The SMILES string of the molecule is CC(C)[C@H](NC(=O)[C@H](Cc1c[nH]c2ccccc12)NC(=O)[C@@H](N)CO)C(=O)N[C@@H](CC(N)=O)C(=O)N[C@@H](CCC(N)=O)C(=O)O. The number of primary amides is 2. The first kappa shape index (κ1) is 36.2. The third kappa shape index (κ3) is 10.9. The van der Waals surface area contributed by atoms with Gasteiger partial charge in [-0.25, -0.2) is 4.79 Å². The molecule has 0 aliphatic heterocycles. The van der Waals surface area contributed by atoms with Gasteiger partial charge in [-0.1, -0.05) is 32.0 Å². The number of amides is 6. The first-order valence-corrected chi connectivity index (χ1v) is 14.1. The number of benzene rings is 1. The molecule has 1 aromatic carbocycles. The van der Waals surface area contributed by atoms with Crippen molar-refractivity contribution >= 4 is 52.3 Å². The minimum Gasteiger partial charge on any atom is -0.480 e. The summed E-state index contributed by atoms with van der Waals surface area (Å²) in [5.41, 5.74) is 17.4. The molecule has 0 aliphatic carbocycles. The second kappa shape index (κ2) is 16.7. The molecule has 2 rings (SSSR count). The number of hydrogen-bond donors (Lipinski definition) is 10. The van der Waals surface area contributed by atoms with E-state index in [1.54, 1.807) is 26.1 Å². The summed E-state index contributed by atoms with van der Waals surface area (Å²) >= 11 is 0. The van der Waals surface area contributed by atoms with Crippen molar-refractivity contribution < 1.29 is 43.8 Å². The van der Waals surface area contributed by atoms with Crippen molar-refractivity contribution in [2.45, 2.75) is 69.7 Å². The maximum Gasteiger partial charge on any atom is 0.326 e. The Kier molecular flexibility index (Phi) is 13.4. The van der Waals surface area contributed by atoms with Crippen LogP contribution >= 0.6 is 0 Å². The van der Waals surface area contributed by atoms with Crippen molar-refractivity contribution in [2.24, 2.45) is 23.1 Å². The average molecular weight is 633 g/mol. The molecule has 0 bridgehead atoms. The smallest absolute Gasteiger partial charge is 0.326 e. The number of nitrogens with two attached hydrogens (primary N) is 3. The molecule has 0 fully saturated rings. The maximum atomic E-state index is 13.5. The number of carboxylic acid groups (broad SMARTS) is 1. The quantitative estimate of drug-likeness (QED) is 0.0787. The van der Waals surface area contributed by atoms with Gasteiger partial charge < -0.3 is 53.7 Å². The Morgan fingerprint density at radius 3 is 2.00 bits per heavy atom. The Hall–Kier alpha value is -5.03. The number of aromatic nitrogens is 1. The lowest BCUT2D eigenvalue weighted by molar-refractivity contribution is -0.142. The number of aliphatic hydroxyl groups excluding tert-OH is 1. The first-order chi connectivity index (χ1) is 21.1. The van der Waals surface area contributed by atoms with E-state index in [4.69, 9.17) is 17.2 Å². The standard InChI is InChI=1S/C28H40N8O9/c1-13(2)23(27(43)35-20(10-22(31)39)25(41)33-18(28(44)45)7-8-21(30)38)36-26(42)19(34-24(40)16(29)12-37)9-14-11-32-17-6-4-3-5-15(14)17/h3-6,11,13,16,18-20,23,32,37H,7-10,12,29H2,1-2H3,(H2,30,38)(H2,31,39)(H,33,41)(H,34,40)(H,35,43)(H,36,42)(H,44,45)/t16-,18-,19-,20-,23-/m0/s1. The van der Waals surface area contributed by atoms with E-state index in [0.717, 1.165) is 10.9 Å². The van der Waals surface area contributed by atoms with Crippen LogP contribution in [0.15, 0.2) is 30.5 Å². The number of hydrogen-bond acceptors (Lipinski definition) is 9. The fourth-order valence-electron chi connectivity index (χ4n) is 4.37. The molecule has 17 nitrogen and oxygen atoms in total. The Labute approximate surface area is 258 Å². The van der Waals surface area contributed by atoms with Gasteiger partial charge in [-0.05, 0) is 24.0 Å². The van der Waals surface area contributed by atoms with Crippen LogP contribution in [0.25, 0.3) is 10.9 Å². The van der Waals surface area contributed by atoms with Crippen molar-refractivity contribution in [1.82, 2.24) is 26.3 Å². The van der Waals surface area contributed by atoms with Gasteiger partial charge in [-0.3, -0.25) is 28.8 Å². The van der Waals surface area contributed by atoms with Gasteiger partial charge in [0.25, 0.3) is 0 Å². The first-order valence-electron chi connectivity index (χ1n) is 14.1. The molecule has 0 saturated heterocycles. The van der Waals surface area contributed by atoms with Gasteiger partial charge in [0.05, 0.1) is 13.0 Å². The van der Waals surface area contributed by atoms with Gasteiger partial charge in [-0.15, -0.1) is 0 Å². The van der Waals surface area contributed by atoms with Crippen LogP contribution in [0, 0.1) is 5.92 Å². The predicted molar refractivity (Wildman–Crippen MR) is 160 cm³/mol. The molecule has 1 heterocycles. The number of carboxylic acids is 1. The highest BCUT2D eigenvalue weighted by Crippen LogP contribution is 2.19. The van der Waals surface area contributed by atoms with Crippen molar-refractivity contribution in [2.75, 3.05) is 6.61 Å². The van der Waals surface area contributed by atoms with Gasteiger partial charge in [-0.2, -0.15) is 0 Å². The lowest BCUT2D eigenvalue weighted by Crippen LogP contribution is -2.60. The number of aliphatic carboxylic acids is 1. The van der Waals surface area contributed by atoms with E-state index in [-0.39, 0.29) is 19.3 Å². The second-order valence-electron chi connectivity index (χ2n) is 10.8. The van der Waals surface area contributed by atoms with Crippen LogP contribution in [0.2, 0.25) is 0 Å². The minimum atomic E-state index is -1.63. The minimum absolute atomic E-state index is 0.0270. The van der Waals surface area contributed by atoms with Crippen molar-refractivity contribution in [1.29, 1.82) is 0 Å². The van der Waals surface area contributed by atoms with E-state index in [1.807, 2.05) is 18.2 Å². The summed E-state index contributed by atoms with van der Waals surface area (Å²) in [4.78, 5) is 89.8. The number of aromatic amines is 1. The third-order valence-electron chi connectivity index (χ3n) is 6.84.